The fourth-order valence-corrected chi connectivity index (χ4v) is 7.43. The zero-order valence-corrected chi connectivity index (χ0v) is 37.2. The Morgan fingerprint density at radius 1 is 0.703 bits per heavy atom. The molecule has 22 heteroatoms. The smallest absolute Gasteiger partial charge is 0.245 e. The number of carbonyl (C=O) groups excluding carboxylic acids is 8. The summed E-state index contributed by atoms with van der Waals surface area (Å²) in [5.74, 6) is -6.02. The van der Waals surface area contributed by atoms with Crippen molar-refractivity contribution in [1.29, 1.82) is 0 Å². The predicted molar refractivity (Wildman–Crippen MR) is 237 cm³/mol. The Morgan fingerprint density at radius 3 is 1.81 bits per heavy atom. The summed E-state index contributed by atoms with van der Waals surface area (Å²) in [5.41, 5.74) is 23.4. The molecule has 2 aliphatic rings. The van der Waals surface area contributed by atoms with E-state index in [9.17, 15) is 43.5 Å². The molecule has 2 aliphatic heterocycles. The minimum atomic E-state index is -1.48. The highest BCUT2D eigenvalue weighted by Crippen LogP contribution is 2.16. The molecule has 18 N–H and O–H groups in total. The van der Waals surface area contributed by atoms with E-state index in [1.807, 2.05) is 13.8 Å². The zero-order valence-electron chi connectivity index (χ0n) is 37.2. The maximum Gasteiger partial charge on any atom is 0.245 e. The monoisotopic (exact) mass is 902 g/mol. The van der Waals surface area contributed by atoms with Crippen molar-refractivity contribution in [3.63, 3.8) is 0 Å². The van der Waals surface area contributed by atoms with Crippen LogP contribution in [0.15, 0.2) is 30.3 Å². The molecule has 2 heterocycles. The lowest BCUT2D eigenvalue weighted by atomic mass is 9.88. The fraction of sp³-hybridized carbons (Fsp3) is 0.667. The van der Waals surface area contributed by atoms with Crippen molar-refractivity contribution in [1.82, 2.24) is 47.9 Å². The van der Waals surface area contributed by atoms with Crippen molar-refractivity contribution >= 4 is 47.3 Å². The van der Waals surface area contributed by atoms with Crippen molar-refractivity contribution in [2.24, 2.45) is 28.9 Å². The first-order valence-electron chi connectivity index (χ1n) is 22.1. The minimum absolute atomic E-state index is 0.0121. The van der Waals surface area contributed by atoms with Gasteiger partial charge in [-0.25, -0.2) is 0 Å². The normalized spacial score (nSPS) is 26.7. The Hall–Kier alpha value is -5.26. The SMILES string of the molecule is CC(C)C[C@@H]1NC(=O)[C@@H](Cc2ccccc2)NC(=O)[C@H](CCN)NC(=O)[C@@H](NC(=O)C2(N)CCNCC2)CCNC(=O)[C@H]([C@@H](C)O)NC(=O)C[C@H](CCN)NC(=O)[C@H](CCN)NC1=O. The minimum Gasteiger partial charge on any atom is -0.391 e. The maximum atomic E-state index is 14.2. The van der Waals surface area contributed by atoms with Crippen LogP contribution in [0.4, 0.5) is 0 Å². The summed E-state index contributed by atoms with van der Waals surface area (Å²) in [6.07, 6.45) is -1.31. The van der Waals surface area contributed by atoms with Crippen LogP contribution in [0.1, 0.15) is 77.7 Å². The first-order valence-corrected chi connectivity index (χ1v) is 22.1. The van der Waals surface area contributed by atoms with Crippen LogP contribution in [0.2, 0.25) is 0 Å². The molecule has 0 aliphatic carbocycles. The Labute approximate surface area is 374 Å². The standard InChI is InChI=1S/C42H71N13O9/c1-24(2)21-31-38(61)51-28(10-16-44)35(58)49-27(9-15-43)23-33(57)55-34(25(3)56)40(63)48-18-12-30(54-41(64)42(46)13-19-47-20-14-42)37(60)50-29(11-17-45)36(59)53-32(39(62)52-31)22-26-7-5-4-6-8-26/h4-8,24-25,27-32,34,47,56H,9-23,43-46H2,1-3H3,(H,48,63)(H,49,58)(H,50,60)(H,51,61)(H,52,62)(H,53,59)(H,54,64)(H,55,57)/t25-,27+,28+,29+,30+,31+,32-,34+/m1/s1. The highest BCUT2D eigenvalue weighted by Gasteiger charge is 2.39. The van der Waals surface area contributed by atoms with Crippen molar-refractivity contribution in [2.75, 3.05) is 39.3 Å². The number of carbonyl (C=O) groups is 8. The van der Waals surface area contributed by atoms with Crippen LogP contribution in [0.5, 0.6) is 0 Å². The number of nitrogens with two attached hydrogens (primary N) is 4. The van der Waals surface area contributed by atoms with Crippen LogP contribution < -0.4 is 70.8 Å². The van der Waals surface area contributed by atoms with Crippen LogP contribution in [0.25, 0.3) is 0 Å². The number of hydrogen-bond acceptors (Lipinski definition) is 14. The predicted octanol–water partition coefficient (Wildman–Crippen LogP) is -4.91. The number of aliphatic hydroxyl groups excluding tert-OH is 1. The molecule has 8 amide bonds. The first-order chi connectivity index (χ1) is 30.4. The van der Waals surface area contributed by atoms with Gasteiger partial charge < -0.3 is 75.9 Å². The van der Waals surface area contributed by atoms with Crippen molar-refractivity contribution in [3.05, 3.63) is 35.9 Å². The van der Waals surface area contributed by atoms with Crippen LogP contribution in [-0.4, -0.2) is 146 Å². The van der Waals surface area contributed by atoms with E-state index in [-0.39, 0.29) is 89.9 Å². The number of piperidine rings is 1. The number of nitrogens with one attached hydrogen (secondary N) is 9. The average Bonchev–Trinajstić information content (AvgIpc) is 3.24. The Balaban J connectivity index is 2.08. The molecule has 8 atom stereocenters. The van der Waals surface area contributed by atoms with E-state index in [1.54, 1.807) is 30.3 Å². The Bertz CT molecular complexity index is 1730. The summed E-state index contributed by atoms with van der Waals surface area (Å²) < 4.78 is 0. The van der Waals surface area contributed by atoms with Gasteiger partial charge in [-0.05, 0) is 96.1 Å². The molecule has 64 heavy (non-hydrogen) atoms. The quantitative estimate of drug-likeness (QED) is 0.0883. The number of amides is 8. The third kappa shape index (κ3) is 17.0. The highest BCUT2D eigenvalue weighted by molar-refractivity contribution is 5.97. The molecular formula is C42H71N13O9. The van der Waals surface area contributed by atoms with E-state index >= 15 is 0 Å². The molecule has 0 unspecified atom stereocenters. The van der Waals surface area contributed by atoms with Crippen molar-refractivity contribution in [3.8, 4) is 0 Å². The maximum absolute atomic E-state index is 14.2. The van der Waals surface area contributed by atoms with Crippen LogP contribution in [0, 0.1) is 5.92 Å². The molecule has 1 aromatic rings. The van der Waals surface area contributed by atoms with E-state index in [2.05, 4.69) is 47.9 Å². The molecule has 2 saturated heterocycles. The topological polar surface area (TPSA) is 369 Å². The molecule has 0 spiro atoms. The second-order valence-corrected chi connectivity index (χ2v) is 17.0. The largest absolute Gasteiger partial charge is 0.391 e. The number of benzene rings is 1. The van der Waals surface area contributed by atoms with Crippen LogP contribution >= 0.6 is 0 Å². The van der Waals surface area contributed by atoms with Crippen LogP contribution in [-0.2, 0) is 44.8 Å². The molecular weight excluding hydrogens is 831 g/mol. The van der Waals surface area contributed by atoms with Crippen molar-refractivity contribution < 1.29 is 43.5 Å². The lowest BCUT2D eigenvalue weighted by Gasteiger charge is -2.34. The van der Waals surface area contributed by atoms with E-state index in [1.165, 1.54) is 6.92 Å². The van der Waals surface area contributed by atoms with E-state index in [0.29, 0.717) is 18.7 Å². The molecule has 22 nitrogen and oxygen atoms in total. The summed E-state index contributed by atoms with van der Waals surface area (Å²) in [5, 5.41) is 35.0. The van der Waals surface area contributed by atoms with Gasteiger partial charge in [0.25, 0.3) is 0 Å². The van der Waals surface area contributed by atoms with E-state index in [0.717, 1.165) is 0 Å². The molecule has 0 bridgehead atoms. The van der Waals surface area contributed by atoms with Gasteiger partial charge in [0, 0.05) is 25.4 Å². The lowest BCUT2D eigenvalue weighted by molar-refractivity contribution is -0.136. The van der Waals surface area contributed by atoms with Gasteiger partial charge >= 0.3 is 0 Å². The molecule has 3 rings (SSSR count). The molecule has 2 fully saturated rings. The van der Waals surface area contributed by atoms with E-state index < -0.39 is 101 Å². The van der Waals surface area contributed by atoms with Gasteiger partial charge in [-0.3, -0.25) is 38.4 Å². The van der Waals surface area contributed by atoms with Gasteiger partial charge in [0.2, 0.25) is 47.3 Å². The second-order valence-electron chi connectivity index (χ2n) is 17.0. The summed E-state index contributed by atoms with van der Waals surface area (Å²) >= 11 is 0. The summed E-state index contributed by atoms with van der Waals surface area (Å²) in [6.45, 7) is 5.58. The Morgan fingerprint density at radius 2 is 1.23 bits per heavy atom. The van der Waals surface area contributed by atoms with Gasteiger partial charge in [0.15, 0.2) is 0 Å². The molecule has 358 valence electrons. The van der Waals surface area contributed by atoms with Gasteiger partial charge in [-0.15, -0.1) is 0 Å². The zero-order chi connectivity index (χ0) is 47.4. The van der Waals surface area contributed by atoms with Crippen LogP contribution in [0.3, 0.4) is 0 Å². The van der Waals surface area contributed by atoms with Gasteiger partial charge in [-0.2, -0.15) is 0 Å². The second kappa shape index (κ2) is 26.5. The Kier molecular flexibility index (Phi) is 22.0. The average molecular weight is 902 g/mol. The molecule has 0 aromatic heterocycles. The molecule has 1 aromatic carbocycles. The van der Waals surface area contributed by atoms with Gasteiger partial charge in [-0.1, -0.05) is 44.2 Å². The number of rotatable bonds is 13. The molecule has 0 radical (unpaired) electrons. The number of hydrogen-bond donors (Lipinski definition) is 14. The number of aliphatic hydroxyl groups is 1. The highest BCUT2D eigenvalue weighted by atomic mass is 16.3. The van der Waals surface area contributed by atoms with Crippen molar-refractivity contribution in [2.45, 2.75) is 132 Å². The van der Waals surface area contributed by atoms with Gasteiger partial charge in [0.1, 0.15) is 36.3 Å². The molecule has 0 saturated carbocycles. The third-order valence-electron chi connectivity index (χ3n) is 11.1. The first kappa shape index (κ1) is 53.1. The lowest BCUT2D eigenvalue weighted by Crippen LogP contribution is -2.63. The summed E-state index contributed by atoms with van der Waals surface area (Å²) in [4.78, 5) is 111. The van der Waals surface area contributed by atoms with E-state index in [4.69, 9.17) is 22.9 Å². The van der Waals surface area contributed by atoms with Gasteiger partial charge in [0.05, 0.1) is 11.6 Å². The third-order valence-corrected chi connectivity index (χ3v) is 11.1. The summed E-state index contributed by atoms with van der Waals surface area (Å²) in [7, 11) is 0. The fourth-order valence-electron chi connectivity index (χ4n) is 7.43. The summed E-state index contributed by atoms with van der Waals surface area (Å²) in [6, 6.07) is 0.101.